The molecule has 1 aromatic carbocycles. The van der Waals surface area contributed by atoms with Crippen LogP contribution < -0.4 is 15.5 Å². The van der Waals surface area contributed by atoms with Crippen LogP contribution in [0.3, 0.4) is 0 Å². The quantitative estimate of drug-likeness (QED) is 0.447. The second-order valence-corrected chi connectivity index (χ2v) is 5.73. The first-order valence-electron chi connectivity index (χ1n) is 7.53. The number of nitrogens with zero attached hydrogens (tertiary/aromatic N) is 2. The van der Waals surface area contributed by atoms with E-state index in [1.54, 1.807) is 24.1 Å². The summed E-state index contributed by atoms with van der Waals surface area (Å²) < 4.78 is 13.9. The van der Waals surface area contributed by atoms with E-state index >= 15 is 0 Å². The fraction of sp³-hybridized carbons (Fsp3) is 0.562. The van der Waals surface area contributed by atoms with Gasteiger partial charge in [0, 0.05) is 33.7 Å². The maximum atomic E-state index is 13.9. The van der Waals surface area contributed by atoms with Crippen molar-refractivity contribution < 1.29 is 4.39 Å². The van der Waals surface area contributed by atoms with Crippen LogP contribution in [0, 0.1) is 5.82 Å². The molecule has 2 N–H and O–H groups in total. The summed E-state index contributed by atoms with van der Waals surface area (Å²) in [7, 11) is 5.44. The predicted octanol–water partition coefficient (Wildman–Crippen LogP) is 3.12. The minimum atomic E-state index is -0.196. The lowest BCUT2D eigenvalue weighted by molar-refractivity contribution is 0.610. The molecule has 0 radical (unpaired) electrons. The van der Waals surface area contributed by atoms with Crippen LogP contribution in [0.25, 0.3) is 0 Å². The summed E-state index contributed by atoms with van der Waals surface area (Å²) in [6.07, 6.45) is 4.97. The molecule has 0 aliphatic heterocycles. The first-order chi connectivity index (χ1) is 10.1. The Balaban J connectivity index is 0.00000242. The highest BCUT2D eigenvalue weighted by Gasteiger charge is 2.15. The molecule has 0 amide bonds. The van der Waals surface area contributed by atoms with E-state index in [-0.39, 0.29) is 29.8 Å². The molecule has 0 unspecified atom stereocenters. The maximum absolute atomic E-state index is 13.9. The van der Waals surface area contributed by atoms with E-state index in [4.69, 9.17) is 0 Å². The number of halogens is 2. The summed E-state index contributed by atoms with van der Waals surface area (Å²) in [5.74, 6) is 0.594. The van der Waals surface area contributed by atoms with E-state index in [1.165, 1.54) is 25.7 Å². The first kappa shape index (κ1) is 19.0. The van der Waals surface area contributed by atoms with Crippen LogP contribution in [0.4, 0.5) is 10.1 Å². The maximum Gasteiger partial charge on any atom is 0.191 e. The third kappa shape index (κ3) is 5.30. The molecule has 0 bridgehead atoms. The van der Waals surface area contributed by atoms with E-state index in [2.05, 4.69) is 15.6 Å². The highest BCUT2D eigenvalue weighted by Crippen LogP contribution is 2.19. The molecule has 0 aromatic heterocycles. The van der Waals surface area contributed by atoms with Gasteiger partial charge in [-0.05, 0) is 30.5 Å². The lowest BCUT2D eigenvalue weighted by Gasteiger charge is -2.18. The standard InChI is InChI=1S/C16H25FN4.HI/c1-18-16(20-13-6-4-5-7-13)19-11-12-8-9-15(21(2)3)14(17)10-12;/h8-10,13H,4-7,11H2,1-3H3,(H2,18,19,20);1H. The van der Waals surface area contributed by atoms with E-state index in [1.807, 2.05) is 20.2 Å². The van der Waals surface area contributed by atoms with Gasteiger partial charge in [0.15, 0.2) is 5.96 Å². The van der Waals surface area contributed by atoms with Gasteiger partial charge >= 0.3 is 0 Å². The van der Waals surface area contributed by atoms with Crippen LogP contribution in [-0.2, 0) is 6.54 Å². The zero-order chi connectivity index (χ0) is 15.2. The molecule has 1 aliphatic carbocycles. The third-order valence-electron chi connectivity index (χ3n) is 3.87. The topological polar surface area (TPSA) is 39.7 Å². The van der Waals surface area contributed by atoms with Crippen molar-refractivity contribution in [3.05, 3.63) is 29.6 Å². The van der Waals surface area contributed by atoms with Crippen LogP contribution >= 0.6 is 24.0 Å². The number of benzene rings is 1. The van der Waals surface area contributed by atoms with Gasteiger partial charge < -0.3 is 15.5 Å². The minimum absolute atomic E-state index is 0. The van der Waals surface area contributed by atoms with Crippen LogP contribution in [0.15, 0.2) is 23.2 Å². The fourth-order valence-electron chi connectivity index (χ4n) is 2.67. The van der Waals surface area contributed by atoms with Crippen molar-refractivity contribution in [1.82, 2.24) is 10.6 Å². The largest absolute Gasteiger partial charge is 0.375 e. The highest BCUT2D eigenvalue weighted by molar-refractivity contribution is 14.0. The van der Waals surface area contributed by atoms with Crippen LogP contribution in [0.2, 0.25) is 0 Å². The summed E-state index contributed by atoms with van der Waals surface area (Å²) in [6, 6.07) is 5.84. The lowest BCUT2D eigenvalue weighted by atomic mass is 10.2. The number of aliphatic imine (C=N–C) groups is 1. The van der Waals surface area contributed by atoms with Gasteiger partial charge in [-0.15, -0.1) is 24.0 Å². The summed E-state index contributed by atoms with van der Waals surface area (Å²) in [5.41, 5.74) is 1.51. The SMILES string of the molecule is CN=C(NCc1ccc(N(C)C)c(F)c1)NC1CCCC1.I. The number of guanidine groups is 1. The van der Waals surface area contributed by atoms with Gasteiger partial charge in [0.25, 0.3) is 0 Å². The molecule has 1 fully saturated rings. The molecule has 22 heavy (non-hydrogen) atoms. The van der Waals surface area contributed by atoms with Crippen molar-refractivity contribution >= 4 is 35.6 Å². The van der Waals surface area contributed by atoms with Crippen LogP contribution in [0.1, 0.15) is 31.2 Å². The third-order valence-corrected chi connectivity index (χ3v) is 3.87. The molecular weight excluding hydrogens is 394 g/mol. The van der Waals surface area contributed by atoms with Crippen molar-refractivity contribution in [2.75, 3.05) is 26.0 Å². The molecule has 1 aliphatic rings. The molecule has 0 spiro atoms. The Hall–Kier alpha value is -1.05. The number of hydrogen-bond acceptors (Lipinski definition) is 2. The fourth-order valence-corrected chi connectivity index (χ4v) is 2.67. The zero-order valence-corrected chi connectivity index (χ0v) is 15.9. The number of anilines is 1. The van der Waals surface area contributed by atoms with Crippen LogP contribution in [-0.4, -0.2) is 33.1 Å². The Labute approximate surface area is 149 Å². The van der Waals surface area contributed by atoms with Gasteiger partial charge in [0.05, 0.1) is 5.69 Å². The van der Waals surface area contributed by atoms with Gasteiger partial charge in [-0.2, -0.15) is 0 Å². The minimum Gasteiger partial charge on any atom is -0.375 e. The molecule has 1 aromatic rings. The Kier molecular flexibility index (Phi) is 7.92. The summed E-state index contributed by atoms with van der Waals surface area (Å²) in [5, 5.41) is 6.66. The zero-order valence-electron chi connectivity index (χ0n) is 13.5. The van der Waals surface area contributed by atoms with Gasteiger partial charge in [-0.1, -0.05) is 18.9 Å². The number of hydrogen-bond donors (Lipinski definition) is 2. The van der Waals surface area contributed by atoms with E-state index in [0.29, 0.717) is 18.3 Å². The predicted molar refractivity (Wildman–Crippen MR) is 102 cm³/mol. The Morgan fingerprint density at radius 2 is 2.00 bits per heavy atom. The van der Waals surface area contributed by atoms with Gasteiger partial charge in [-0.3, -0.25) is 4.99 Å². The van der Waals surface area contributed by atoms with Gasteiger partial charge in [-0.25, -0.2) is 4.39 Å². The van der Waals surface area contributed by atoms with E-state index in [9.17, 15) is 4.39 Å². The molecule has 1 saturated carbocycles. The Bertz CT molecular complexity index is 499. The second kappa shape index (κ2) is 9.17. The second-order valence-electron chi connectivity index (χ2n) is 5.73. The highest BCUT2D eigenvalue weighted by atomic mass is 127. The van der Waals surface area contributed by atoms with Gasteiger partial charge in [0.2, 0.25) is 0 Å². The van der Waals surface area contributed by atoms with Gasteiger partial charge in [0.1, 0.15) is 5.82 Å². The monoisotopic (exact) mass is 420 g/mol. The van der Waals surface area contributed by atoms with Crippen molar-refractivity contribution in [3.8, 4) is 0 Å². The average molecular weight is 420 g/mol. The molecular formula is C16H26FIN4. The van der Waals surface area contributed by atoms with Crippen LogP contribution in [0.5, 0.6) is 0 Å². The molecule has 124 valence electrons. The molecule has 0 atom stereocenters. The lowest BCUT2D eigenvalue weighted by Crippen LogP contribution is -2.41. The smallest absolute Gasteiger partial charge is 0.191 e. The Morgan fingerprint density at radius 3 is 2.55 bits per heavy atom. The van der Waals surface area contributed by atoms with E-state index < -0.39 is 0 Å². The average Bonchev–Trinajstić information content (AvgIpc) is 2.96. The molecule has 2 rings (SSSR count). The van der Waals surface area contributed by atoms with Crippen molar-refractivity contribution in [3.63, 3.8) is 0 Å². The molecule has 0 heterocycles. The molecule has 6 heteroatoms. The molecule has 0 saturated heterocycles. The summed E-state index contributed by atoms with van der Waals surface area (Å²) in [4.78, 5) is 6.00. The summed E-state index contributed by atoms with van der Waals surface area (Å²) in [6.45, 7) is 0.566. The Morgan fingerprint density at radius 1 is 1.32 bits per heavy atom. The van der Waals surface area contributed by atoms with Crippen molar-refractivity contribution in [2.45, 2.75) is 38.3 Å². The first-order valence-corrected chi connectivity index (χ1v) is 7.53. The van der Waals surface area contributed by atoms with Crippen molar-refractivity contribution in [1.29, 1.82) is 0 Å². The van der Waals surface area contributed by atoms with E-state index in [0.717, 1.165) is 11.5 Å². The number of rotatable bonds is 4. The van der Waals surface area contributed by atoms with Crippen molar-refractivity contribution in [2.24, 2.45) is 4.99 Å². The normalized spacial score (nSPS) is 15.4. The summed E-state index contributed by atoms with van der Waals surface area (Å²) >= 11 is 0. The molecule has 4 nitrogen and oxygen atoms in total. The number of nitrogens with one attached hydrogen (secondary N) is 2.